The molecule has 0 saturated carbocycles. The number of benzene rings is 2. The van der Waals surface area contributed by atoms with Crippen molar-refractivity contribution in [2.75, 3.05) is 19.8 Å². The minimum Gasteiger partial charge on any atom is -0.493 e. The summed E-state index contributed by atoms with van der Waals surface area (Å²) >= 11 is 6.05. The first-order valence-electron chi connectivity index (χ1n) is 10.5. The van der Waals surface area contributed by atoms with Crippen LogP contribution >= 0.6 is 11.6 Å². The van der Waals surface area contributed by atoms with Gasteiger partial charge in [0.05, 0.1) is 18.2 Å². The second-order valence-corrected chi connectivity index (χ2v) is 8.12. The van der Waals surface area contributed by atoms with Crippen molar-refractivity contribution in [3.8, 4) is 23.0 Å². The second kappa shape index (κ2) is 10.7. The SMILES string of the molecule is CCC1(C(O)O)CCc2ccc(OCCCOc3ccc(OCC(F)(F)F)cc3Cl)cc2O1. The topological polar surface area (TPSA) is 77.4 Å². The predicted octanol–water partition coefficient (Wildman–Crippen LogP) is 4.91. The average Bonchev–Trinajstić information content (AvgIpc) is 2.77. The van der Waals surface area contributed by atoms with Gasteiger partial charge in [0.2, 0.25) is 0 Å². The summed E-state index contributed by atoms with van der Waals surface area (Å²) in [6.07, 6.45) is -3.82. The number of aryl methyl sites for hydroxylation is 1. The van der Waals surface area contributed by atoms with Gasteiger partial charge in [-0.2, -0.15) is 13.2 Å². The molecule has 0 bridgehead atoms. The third kappa shape index (κ3) is 6.82. The van der Waals surface area contributed by atoms with E-state index in [2.05, 4.69) is 4.74 Å². The third-order valence-corrected chi connectivity index (χ3v) is 5.65. The number of fused-ring (bicyclic) bond motifs is 1. The number of hydrogen-bond acceptors (Lipinski definition) is 6. The molecule has 0 saturated heterocycles. The van der Waals surface area contributed by atoms with Crippen LogP contribution in [0.15, 0.2) is 36.4 Å². The summed E-state index contributed by atoms with van der Waals surface area (Å²) in [7, 11) is 0. The van der Waals surface area contributed by atoms with Crippen molar-refractivity contribution in [2.45, 2.75) is 50.7 Å². The Labute approximate surface area is 194 Å². The van der Waals surface area contributed by atoms with Crippen molar-refractivity contribution < 1.29 is 42.3 Å². The molecule has 2 aromatic rings. The van der Waals surface area contributed by atoms with Crippen LogP contribution in [0.2, 0.25) is 5.02 Å². The fourth-order valence-electron chi connectivity index (χ4n) is 3.44. The van der Waals surface area contributed by atoms with E-state index in [1.54, 1.807) is 6.07 Å². The molecule has 1 atom stereocenters. The monoisotopic (exact) mass is 490 g/mol. The van der Waals surface area contributed by atoms with Crippen LogP contribution in [0.3, 0.4) is 0 Å². The Morgan fingerprint density at radius 2 is 1.76 bits per heavy atom. The molecule has 0 fully saturated rings. The molecule has 1 unspecified atom stereocenters. The van der Waals surface area contributed by atoms with Crippen LogP contribution in [0.4, 0.5) is 13.2 Å². The first-order valence-corrected chi connectivity index (χ1v) is 10.9. The lowest BCUT2D eigenvalue weighted by atomic mass is 9.88. The van der Waals surface area contributed by atoms with Crippen LogP contribution in [0, 0.1) is 0 Å². The van der Waals surface area contributed by atoms with Gasteiger partial charge in [0.25, 0.3) is 0 Å². The quantitative estimate of drug-likeness (QED) is 0.364. The molecule has 2 aromatic carbocycles. The largest absolute Gasteiger partial charge is 0.493 e. The van der Waals surface area contributed by atoms with E-state index in [9.17, 15) is 23.4 Å². The molecule has 1 heterocycles. The maximum Gasteiger partial charge on any atom is 0.422 e. The molecule has 10 heteroatoms. The molecule has 6 nitrogen and oxygen atoms in total. The van der Waals surface area contributed by atoms with Crippen molar-refractivity contribution in [3.05, 3.63) is 47.0 Å². The van der Waals surface area contributed by atoms with Crippen molar-refractivity contribution in [1.29, 1.82) is 0 Å². The number of rotatable bonds is 10. The summed E-state index contributed by atoms with van der Waals surface area (Å²) < 4.78 is 58.6. The normalized spacial score (nSPS) is 17.9. The van der Waals surface area contributed by atoms with Gasteiger partial charge in [-0.1, -0.05) is 24.6 Å². The molecular formula is C23H26ClF3O6. The molecule has 1 aliphatic rings. The summed E-state index contributed by atoms with van der Waals surface area (Å²) in [4.78, 5) is 0. The zero-order chi connectivity index (χ0) is 24.1. The lowest BCUT2D eigenvalue weighted by Gasteiger charge is -2.39. The minimum atomic E-state index is -4.43. The average molecular weight is 491 g/mol. The molecule has 2 N–H and O–H groups in total. The summed E-state index contributed by atoms with van der Waals surface area (Å²) in [6, 6.07) is 9.53. The Balaban J connectivity index is 1.46. The molecule has 0 aromatic heterocycles. The van der Waals surface area contributed by atoms with Crippen molar-refractivity contribution in [1.82, 2.24) is 0 Å². The van der Waals surface area contributed by atoms with E-state index >= 15 is 0 Å². The maximum absolute atomic E-state index is 12.2. The van der Waals surface area contributed by atoms with E-state index in [-0.39, 0.29) is 17.4 Å². The number of halogens is 4. The van der Waals surface area contributed by atoms with Gasteiger partial charge in [0.1, 0.15) is 23.0 Å². The van der Waals surface area contributed by atoms with Gasteiger partial charge in [-0.15, -0.1) is 0 Å². The van der Waals surface area contributed by atoms with Crippen LogP contribution in [0.5, 0.6) is 23.0 Å². The molecule has 0 aliphatic carbocycles. The van der Waals surface area contributed by atoms with Gasteiger partial charge in [-0.05, 0) is 43.0 Å². The van der Waals surface area contributed by atoms with Gasteiger partial charge < -0.3 is 29.2 Å². The zero-order valence-corrected chi connectivity index (χ0v) is 18.8. The number of aliphatic hydroxyl groups excluding tert-OH is 1. The second-order valence-electron chi connectivity index (χ2n) is 7.71. The summed E-state index contributed by atoms with van der Waals surface area (Å²) in [5.41, 5.74) is -0.0424. The Hall–Kier alpha value is -2.36. The molecule has 0 radical (unpaired) electrons. The van der Waals surface area contributed by atoms with E-state index in [0.29, 0.717) is 49.5 Å². The van der Waals surface area contributed by atoms with Gasteiger partial charge in [-0.3, -0.25) is 0 Å². The van der Waals surface area contributed by atoms with Crippen molar-refractivity contribution in [2.24, 2.45) is 0 Å². The van der Waals surface area contributed by atoms with Gasteiger partial charge in [0.15, 0.2) is 18.5 Å². The molecule has 33 heavy (non-hydrogen) atoms. The lowest BCUT2D eigenvalue weighted by Crippen LogP contribution is -2.49. The lowest BCUT2D eigenvalue weighted by molar-refractivity contribution is -0.178. The minimum absolute atomic E-state index is 0.00319. The standard InChI is InChI=1S/C23H26ClF3O6/c1-2-22(21(28)29)9-8-15-4-5-17(13-20(15)33-22)30-10-3-11-31-19-7-6-16(12-18(19)24)32-14-23(25,26)27/h4-7,12-13,21,28-29H,2-3,8-11,14H2,1H3. The zero-order valence-electron chi connectivity index (χ0n) is 18.0. The van der Waals surface area contributed by atoms with E-state index in [1.807, 2.05) is 19.1 Å². The Kier molecular flexibility index (Phi) is 8.20. The van der Waals surface area contributed by atoms with Crippen LogP contribution in [0.1, 0.15) is 31.7 Å². The maximum atomic E-state index is 12.2. The Morgan fingerprint density at radius 3 is 2.42 bits per heavy atom. The number of ether oxygens (including phenoxy) is 4. The summed E-state index contributed by atoms with van der Waals surface area (Å²) in [6.45, 7) is 1.07. The van der Waals surface area contributed by atoms with Crippen LogP contribution in [0.25, 0.3) is 0 Å². The summed E-state index contributed by atoms with van der Waals surface area (Å²) in [5, 5.41) is 19.6. The highest BCUT2D eigenvalue weighted by Crippen LogP contribution is 2.38. The smallest absolute Gasteiger partial charge is 0.422 e. The molecular weight excluding hydrogens is 465 g/mol. The van der Waals surface area contributed by atoms with Crippen molar-refractivity contribution >= 4 is 11.6 Å². The molecule has 0 spiro atoms. The number of aliphatic hydroxyl groups is 2. The van der Waals surface area contributed by atoms with Crippen LogP contribution in [-0.4, -0.2) is 48.1 Å². The van der Waals surface area contributed by atoms with E-state index in [4.69, 9.17) is 25.8 Å². The van der Waals surface area contributed by atoms with E-state index < -0.39 is 24.7 Å². The number of alkyl halides is 3. The molecule has 3 rings (SSSR count). The van der Waals surface area contributed by atoms with Gasteiger partial charge >= 0.3 is 6.18 Å². The Morgan fingerprint density at radius 1 is 1.06 bits per heavy atom. The van der Waals surface area contributed by atoms with Gasteiger partial charge in [-0.25, -0.2) is 0 Å². The Bertz CT molecular complexity index is 937. The fourth-order valence-corrected chi connectivity index (χ4v) is 3.67. The van der Waals surface area contributed by atoms with E-state index in [0.717, 1.165) is 5.56 Å². The first-order chi connectivity index (χ1) is 15.6. The molecule has 1 aliphatic heterocycles. The van der Waals surface area contributed by atoms with Gasteiger partial charge in [0, 0.05) is 18.6 Å². The highest BCUT2D eigenvalue weighted by atomic mass is 35.5. The highest BCUT2D eigenvalue weighted by Gasteiger charge is 2.41. The van der Waals surface area contributed by atoms with Crippen LogP contribution in [-0.2, 0) is 6.42 Å². The molecule has 182 valence electrons. The summed E-state index contributed by atoms with van der Waals surface area (Å²) in [5.74, 6) is 1.49. The van der Waals surface area contributed by atoms with Crippen LogP contribution < -0.4 is 18.9 Å². The van der Waals surface area contributed by atoms with E-state index in [1.165, 1.54) is 18.2 Å². The first kappa shape index (κ1) is 25.3. The highest BCUT2D eigenvalue weighted by molar-refractivity contribution is 6.32. The fraction of sp³-hybridized carbons (Fsp3) is 0.478. The third-order valence-electron chi connectivity index (χ3n) is 5.36. The predicted molar refractivity (Wildman–Crippen MR) is 115 cm³/mol. The van der Waals surface area contributed by atoms with Crippen molar-refractivity contribution in [3.63, 3.8) is 0 Å². The number of hydrogen-bond donors (Lipinski definition) is 2. The molecule has 0 amide bonds.